The number of hydrogen-bond donors (Lipinski definition) is 0. The second-order valence-electron chi connectivity index (χ2n) is 9.75. The van der Waals surface area contributed by atoms with Crippen molar-refractivity contribution in [1.82, 2.24) is 0 Å². The third-order valence-electron chi connectivity index (χ3n) is 7.82. The molecule has 2 aliphatic heterocycles. The molecule has 4 heteroatoms. The topological polar surface area (TPSA) is 27.7 Å². The van der Waals surface area contributed by atoms with Gasteiger partial charge in [0.1, 0.15) is 0 Å². The maximum atomic E-state index is 6.73. The molecule has 4 rings (SSSR count). The fourth-order valence-corrected chi connectivity index (χ4v) is 5.58. The van der Waals surface area contributed by atoms with Crippen LogP contribution in [-0.2, 0) is 25.8 Å². The number of ether oxygens (including phenoxy) is 1. The fraction of sp³-hybridized carbons (Fsp3) is 0.739. The molecular weight excluding hydrogens is 335 g/mol. The highest BCUT2D eigenvalue weighted by molar-refractivity contribution is 6.50. The van der Waals surface area contributed by atoms with E-state index in [1.807, 2.05) is 0 Å². The summed E-state index contributed by atoms with van der Waals surface area (Å²) in [5.41, 5.74) is 2.28. The Morgan fingerprint density at radius 3 is 2.30 bits per heavy atom. The molecule has 0 spiro atoms. The van der Waals surface area contributed by atoms with Gasteiger partial charge in [-0.2, -0.15) is 0 Å². The Bertz CT molecular complexity index is 685. The van der Waals surface area contributed by atoms with Gasteiger partial charge in [0.2, 0.25) is 0 Å². The van der Waals surface area contributed by atoms with Gasteiger partial charge in [-0.1, -0.05) is 38.1 Å². The Labute approximate surface area is 165 Å². The van der Waals surface area contributed by atoms with Gasteiger partial charge < -0.3 is 14.0 Å². The van der Waals surface area contributed by atoms with Gasteiger partial charge >= 0.3 is 7.12 Å². The molecular formula is C23H35BO3. The van der Waals surface area contributed by atoms with Crippen LogP contribution in [0.4, 0.5) is 0 Å². The third-order valence-corrected chi connectivity index (χ3v) is 7.82. The molecule has 2 fully saturated rings. The van der Waals surface area contributed by atoms with E-state index in [-0.39, 0.29) is 35.8 Å². The monoisotopic (exact) mass is 370 g/mol. The van der Waals surface area contributed by atoms with E-state index in [2.05, 4.69) is 65.8 Å². The molecule has 0 saturated carbocycles. The lowest BCUT2D eigenvalue weighted by Gasteiger charge is -2.54. The van der Waals surface area contributed by atoms with Crippen molar-refractivity contribution in [2.45, 2.75) is 102 Å². The standard InChI is InChI=1S/C23H35BO3/c1-7-17-15-23(24-26-21(3,4)22(5,6)27-24)18-12-10-9-11-16(18)13-14-19(23)20(8-2)25-17/h9-12,17,19-20H,7-8,13-15H2,1-6H3/t17-,19+,20+,23+/m1/s1. The average molecular weight is 370 g/mol. The predicted molar refractivity (Wildman–Crippen MR) is 110 cm³/mol. The van der Waals surface area contributed by atoms with Crippen molar-refractivity contribution in [3.05, 3.63) is 35.4 Å². The molecule has 3 aliphatic rings. The SMILES string of the molecule is CC[C@@H]1C[C@]2(B3OC(C)(C)C(C)(C)O3)c3ccccc3CC[C@H]2[C@H](CC)O1. The highest BCUT2D eigenvalue weighted by Gasteiger charge is 2.66. The van der Waals surface area contributed by atoms with Crippen LogP contribution < -0.4 is 0 Å². The highest BCUT2D eigenvalue weighted by Crippen LogP contribution is 2.56. The number of rotatable bonds is 3. The predicted octanol–water partition coefficient (Wildman–Crippen LogP) is 5.10. The van der Waals surface area contributed by atoms with E-state index in [0.717, 1.165) is 32.1 Å². The normalized spacial score (nSPS) is 37.0. The zero-order valence-electron chi connectivity index (χ0n) is 17.9. The average Bonchev–Trinajstić information content (AvgIpc) is 2.88. The van der Waals surface area contributed by atoms with E-state index in [0.29, 0.717) is 5.92 Å². The molecule has 2 heterocycles. The summed E-state index contributed by atoms with van der Waals surface area (Å²) in [6.07, 6.45) is 5.87. The van der Waals surface area contributed by atoms with Crippen LogP contribution in [0.2, 0.25) is 0 Å². The Kier molecular flexibility index (Phi) is 4.77. The van der Waals surface area contributed by atoms with Gasteiger partial charge in [-0.05, 0) is 76.8 Å². The van der Waals surface area contributed by atoms with E-state index >= 15 is 0 Å². The van der Waals surface area contributed by atoms with Crippen LogP contribution in [0, 0.1) is 5.92 Å². The summed E-state index contributed by atoms with van der Waals surface area (Å²) in [7, 11) is -0.221. The van der Waals surface area contributed by atoms with Gasteiger partial charge in [0.15, 0.2) is 0 Å². The zero-order valence-corrected chi connectivity index (χ0v) is 17.9. The Morgan fingerprint density at radius 1 is 1.00 bits per heavy atom. The van der Waals surface area contributed by atoms with Gasteiger partial charge in [0.05, 0.1) is 23.4 Å². The van der Waals surface area contributed by atoms with Crippen LogP contribution in [-0.4, -0.2) is 30.5 Å². The van der Waals surface area contributed by atoms with Crippen LogP contribution >= 0.6 is 0 Å². The first-order chi connectivity index (χ1) is 12.7. The Balaban J connectivity index is 1.87. The zero-order chi connectivity index (χ0) is 19.4. The maximum absolute atomic E-state index is 6.73. The van der Waals surface area contributed by atoms with Crippen LogP contribution in [0.1, 0.15) is 78.4 Å². The van der Waals surface area contributed by atoms with E-state index in [1.165, 1.54) is 11.1 Å². The molecule has 4 atom stereocenters. The summed E-state index contributed by atoms with van der Waals surface area (Å²) in [5.74, 6) is 0.440. The number of benzene rings is 1. The van der Waals surface area contributed by atoms with Crippen molar-refractivity contribution in [1.29, 1.82) is 0 Å². The first-order valence-corrected chi connectivity index (χ1v) is 10.8. The molecule has 0 amide bonds. The number of fused-ring (bicyclic) bond motifs is 3. The minimum atomic E-state index is -0.314. The van der Waals surface area contributed by atoms with Crippen molar-refractivity contribution >= 4 is 7.12 Å². The van der Waals surface area contributed by atoms with Crippen molar-refractivity contribution in [3.8, 4) is 0 Å². The van der Waals surface area contributed by atoms with Crippen LogP contribution in [0.3, 0.4) is 0 Å². The summed E-state index contributed by atoms with van der Waals surface area (Å²) in [5, 5.41) is -0.126. The van der Waals surface area contributed by atoms with Crippen molar-refractivity contribution in [2.75, 3.05) is 0 Å². The molecule has 1 aromatic rings. The van der Waals surface area contributed by atoms with Crippen molar-refractivity contribution in [2.24, 2.45) is 5.92 Å². The molecule has 0 unspecified atom stereocenters. The maximum Gasteiger partial charge on any atom is 0.469 e. The molecule has 1 aliphatic carbocycles. The number of aryl methyl sites for hydroxylation is 1. The van der Waals surface area contributed by atoms with E-state index < -0.39 is 0 Å². The largest absolute Gasteiger partial charge is 0.469 e. The second-order valence-corrected chi connectivity index (χ2v) is 9.75. The van der Waals surface area contributed by atoms with Crippen LogP contribution in [0.5, 0.6) is 0 Å². The summed E-state index contributed by atoms with van der Waals surface area (Å²) in [6, 6.07) is 8.99. The second kappa shape index (κ2) is 6.61. The molecule has 2 saturated heterocycles. The lowest BCUT2D eigenvalue weighted by Crippen LogP contribution is -2.61. The Hall–Kier alpha value is -0.835. The first-order valence-electron chi connectivity index (χ1n) is 10.8. The number of hydrogen-bond acceptors (Lipinski definition) is 3. The lowest BCUT2D eigenvalue weighted by molar-refractivity contribution is -0.116. The highest BCUT2D eigenvalue weighted by atomic mass is 16.7. The summed E-state index contributed by atoms with van der Waals surface area (Å²) in [4.78, 5) is 0. The summed E-state index contributed by atoms with van der Waals surface area (Å²) >= 11 is 0. The molecule has 0 radical (unpaired) electrons. The van der Waals surface area contributed by atoms with E-state index in [9.17, 15) is 0 Å². The minimum Gasteiger partial charge on any atom is -0.403 e. The van der Waals surface area contributed by atoms with Gasteiger partial charge in [-0.25, -0.2) is 0 Å². The van der Waals surface area contributed by atoms with Crippen molar-refractivity contribution in [3.63, 3.8) is 0 Å². The summed E-state index contributed by atoms with van der Waals surface area (Å²) in [6.45, 7) is 13.2. The van der Waals surface area contributed by atoms with E-state index in [4.69, 9.17) is 14.0 Å². The Morgan fingerprint density at radius 2 is 1.67 bits per heavy atom. The minimum absolute atomic E-state index is 0.126. The molecule has 0 bridgehead atoms. The van der Waals surface area contributed by atoms with Gasteiger partial charge in [0.25, 0.3) is 0 Å². The van der Waals surface area contributed by atoms with Crippen LogP contribution in [0.15, 0.2) is 24.3 Å². The molecule has 0 N–H and O–H groups in total. The quantitative estimate of drug-likeness (QED) is 0.693. The molecule has 1 aromatic carbocycles. The van der Waals surface area contributed by atoms with Gasteiger partial charge in [-0.3, -0.25) is 0 Å². The molecule has 148 valence electrons. The molecule has 0 aromatic heterocycles. The third kappa shape index (κ3) is 2.82. The fourth-order valence-electron chi connectivity index (χ4n) is 5.58. The first kappa shape index (κ1) is 19.5. The van der Waals surface area contributed by atoms with Crippen molar-refractivity contribution < 1.29 is 14.0 Å². The molecule has 3 nitrogen and oxygen atoms in total. The van der Waals surface area contributed by atoms with Gasteiger partial charge in [-0.15, -0.1) is 0 Å². The lowest BCUT2D eigenvalue weighted by atomic mass is 9.41. The van der Waals surface area contributed by atoms with E-state index in [1.54, 1.807) is 0 Å². The summed E-state index contributed by atoms with van der Waals surface area (Å²) < 4.78 is 20.0. The smallest absolute Gasteiger partial charge is 0.403 e. The molecule has 27 heavy (non-hydrogen) atoms. The van der Waals surface area contributed by atoms with Gasteiger partial charge in [0, 0.05) is 5.31 Å². The van der Waals surface area contributed by atoms with Crippen LogP contribution in [0.25, 0.3) is 0 Å².